The molecule has 2 aromatic carbocycles. The van der Waals surface area contributed by atoms with Gasteiger partial charge in [0.25, 0.3) is 0 Å². The summed E-state index contributed by atoms with van der Waals surface area (Å²) in [5, 5.41) is 13.8. The number of carbonyl (C=O) groups is 3. The Balaban J connectivity index is 1.76. The fourth-order valence-corrected chi connectivity index (χ4v) is 5.01. The molecule has 4 rings (SSSR count). The minimum Gasteiger partial charge on any atom is -0.463 e. The van der Waals surface area contributed by atoms with Crippen LogP contribution in [-0.4, -0.2) is 65.5 Å². The molecule has 2 heterocycles. The molecule has 0 amide bonds. The molecule has 0 aromatic heterocycles. The van der Waals surface area contributed by atoms with Crippen LogP contribution in [0.1, 0.15) is 50.7 Å². The number of hydrogen-bond donors (Lipinski definition) is 0. The monoisotopic (exact) mass is 610 g/mol. The third-order valence-corrected chi connectivity index (χ3v) is 7.38. The normalized spacial score (nSPS) is 19.0. The molecule has 9 nitrogen and oxygen atoms in total. The number of nitrogens with zero attached hydrogens (tertiary/aromatic N) is 4. The number of rotatable bonds is 10. The summed E-state index contributed by atoms with van der Waals surface area (Å²) in [5.41, 5.74) is 3.31. The Kier molecular flexibility index (Phi) is 10.2. The number of hydrazone groups is 2. The fraction of sp³-hybridized carbons (Fsp3) is 0.323. The Bertz CT molecular complexity index is 1360. The van der Waals surface area contributed by atoms with Gasteiger partial charge in [-0.2, -0.15) is 10.2 Å². The van der Waals surface area contributed by atoms with Gasteiger partial charge < -0.3 is 9.47 Å². The summed E-state index contributed by atoms with van der Waals surface area (Å²) in [4.78, 5) is 38.6. The van der Waals surface area contributed by atoms with Crippen molar-refractivity contribution in [3.63, 3.8) is 0 Å². The van der Waals surface area contributed by atoms with Gasteiger partial charge in [0, 0.05) is 33.6 Å². The summed E-state index contributed by atoms with van der Waals surface area (Å²) in [6, 6.07) is 14.5. The van der Waals surface area contributed by atoms with Crippen molar-refractivity contribution in [3.05, 3.63) is 93.2 Å². The minimum absolute atomic E-state index is 0.245. The van der Waals surface area contributed by atoms with Crippen LogP contribution in [0.5, 0.6) is 0 Å². The first kappa shape index (κ1) is 31.0. The number of allylic oxidation sites excluding steroid dienone is 2. The largest absolute Gasteiger partial charge is 0.463 e. The number of halogens is 2. The molecule has 2 aliphatic heterocycles. The van der Waals surface area contributed by atoms with Gasteiger partial charge in [0.05, 0.1) is 38.1 Å². The second kappa shape index (κ2) is 13.8. The molecule has 0 saturated carbocycles. The number of ether oxygens (including phenoxy) is 2. The van der Waals surface area contributed by atoms with Crippen LogP contribution in [0.3, 0.4) is 0 Å². The van der Waals surface area contributed by atoms with Gasteiger partial charge in [0.1, 0.15) is 11.4 Å². The fourth-order valence-electron chi connectivity index (χ4n) is 4.76. The summed E-state index contributed by atoms with van der Waals surface area (Å²) >= 11 is 12.3. The van der Waals surface area contributed by atoms with Gasteiger partial charge in [-0.05, 0) is 63.1 Å². The lowest BCUT2D eigenvalue weighted by Crippen LogP contribution is -2.31. The van der Waals surface area contributed by atoms with E-state index in [1.54, 1.807) is 62.0 Å². The molecule has 0 saturated heterocycles. The molecule has 42 heavy (non-hydrogen) atoms. The Morgan fingerprint density at radius 1 is 0.738 bits per heavy atom. The smallest absolute Gasteiger partial charge is 0.332 e. The molecule has 2 unspecified atom stereocenters. The predicted octanol–water partition coefficient (Wildman–Crippen LogP) is 5.71. The van der Waals surface area contributed by atoms with Crippen LogP contribution in [0.2, 0.25) is 10.0 Å². The zero-order valence-corrected chi connectivity index (χ0v) is 25.4. The van der Waals surface area contributed by atoms with Gasteiger partial charge in [-0.3, -0.25) is 14.8 Å². The van der Waals surface area contributed by atoms with Gasteiger partial charge in [-0.1, -0.05) is 47.5 Å². The van der Waals surface area contributed by atoms with E-state index in [2.05, 4.69) is 0 Å². The van der Waals surface area contributed by atoms with E-state index in [0.29, 0.717) is 34.5 Å². The Hall–Kier alpha value is -3.95. The maximum Gasteiger partial charge on any atom is 0.332 e. The van der Waals surface area contributed by atoms with Gasteiger partial charge in [0.15, 0.2) is 0 Å². The molecule has 0 aliphatic carbocycles. The van der Waals surface area contributed by atoms with Crippen molar-refractivity contribution in [3.8, 4) is 0 Å². The lowest BCUT2D eigenvalue weighted by atomic mass is 9.86. The first-order valence-electron chi connectivity index (χ1n) is 13.6. The molecule has 0 radical (unpaired) electrons. The lowest BCUT2D eigenvalue weighted by Gasteiger charge is -2.17. The van der Waals surface area contributed by atoms with E-state index in [1.807, 2.05) is 24.3 Å². The summed E-state index contributed by atoms with van der Waals surface area (Å²) in [6.45, 7) is 8.08. The number of benzene rings is 2. The number of ketones is 1. The number of hydrogen-bond acceptors (Lipinski definition) is 9. The summed E-state index contributed by atoms with van der Waals surface area (Å²) in [6.07, 6.45) is 2.71. The van der Waals surface area contributed by atoms with E-state index in [0.717, 1.165) is 11.1 Å². The lowest BCUT2D eigenvalue weighted by molar-refractivity contribution is -0.138. The highest BCUT2D eigenvalue weighted by atomic mass is 35.5. The third-order valence-electron chi connectivity index (χ3n) is 6.88. The molecule has 11 heteroatoms. The Labute approximate surface area is 255 Å². The SMILES string of the molecule is CCOC(=O)/C=C(\C)N1CC(c2ccc(Cl)cc2)C(C(=O)C2=NN(/C(C)=C/C(=O)OCC)CC2c2ccc(Cl)cc2)=N1. The number of esters is 2. The van der Waals surface area contributed by atoms with E-state index in [4.69, 9.17) is 42.9 Å². The van der Waals surface area contributed by atoms with E-state index < -0.39 is 23.8 Å². The van der Waals surface area contributed by atoms with Crippen molar-refractivity contribution in [2.24, 2.45) is 10.2 Å². The molecular weight excluding hydrogens is 579 g/mol. The van der Waals surface area contributed by atoms with Crippen LogP contribution in [-0.2, 0) is 23.9 Å². The second-order valence-corrected chi connectivity index (χ2v) is 10.6. The maximum absolute atomic E-state index is 14.3. The van der Waals surface area contributed by atoms with Crippen LogP contribution in [0.4, 0.5) is 0 Å². The topological polar surface area (TPSA) is 101 Å². The molecule has 220 valence electrons. The molecule has 2 aromatic rings. The molecule has 2 aliphatic rings. The van der Waals surface area contributed by atoms with Gasteiger partial charge in [-0.25, -0.2) is 9.59 Å². The quantitative estimate of drug-likeness (QED) is 0.251. The van der Waals surface area contributed by atoms with Gasteiger partial charge in [-0.15, -0.1) is 0 Å². The van der Waals surface area contributed by atoms with Gasteiger partial charge in [0.2, 0.25) is 5.78 Å². The summed E-state index contributed by atoms with van der Waals surface area (Å²) in [7, 11) is 0. The van der Waals surface area contributed by atoms with Crippen LogP contribution in [0.15, 0.2) is 82.3 Å². The van der Waals surface area contributed by atoms with Crippen molar-refractivity contribution in [2.45, 2.75) is 39.5 Å². The van der Waals surface area contributed by atoms with E-state index >= 15 is 0 Å². The molecule has 0 spiro atoms. The molecule has 2 atom stereocenters. The highest BCUT2D eigenvalue weighted by molar-refractivity contribution is 6.68. The first-order chi connectivity index (χ1) is 20.1. The van der Waals surface area contributed by atoms with E-state index in [9.17, 15) is 14.4 Å². The number of Topliss-reactive ketones (excluding diaryl/α,β-unsaturated/α-hetero) is 1. The second-order valence-electron chi connectivity index (χ2n) is 9.75. The highest BCUT2D eigenvalue weighted by Crippen LogP contribution is 2.33. The molecule has 0 fully saturated rings. The predicted molar refractivity (Wildman–Crippen MR) is 162 cm³/mol. The van der Waals surface area contributed by atoms with E-state index in [1.165, 1.54) is 12.2 Å². The Morgan fingerprint density at radius 2 is 1.10 bits per heavy atom. The van der Waals surface area contributed by atoms with Crippen LogP contribution in [0.25, 0.3) is 0 Å². The zero-order valence-electron chi connectivity index (χ0n) is 23.8. The van der Waals surface area contributed by atoms with Crippen LogP contribution in [0, 0.1) is 0 Å². The average molecular weight is 612 g/mol. The van der Waals surface area contributed by atoms with Crippen molar-refractivity contribution in [2.75, 3.05) is 26.3 Å². The maximum atomic E-state index is 14.3. The van der Waals surface area contributed by atoms with E-state index in [-0.39, 0.29) is 30.4 Å². The van der Waals surface area contributed by atoms with Crippen molar-refractivity contribution < 1.29 is 23.9 Å². The molecule has 0 bridgehead atoms. The van der Waals surface area contributed by atoms with Crippen LogP contribution >= 0.6 is 23.2 Å². The standard InChI is InChI=1S/C31H32Cl2N4O5/c1-5-41-27(38)15-19(3)36-17-25(21-7-11-23(32)12-8-21)29(34-36)31(40)30-26(22-9-13-24(33)14-10-22)18-37(35-30)20(4)16-28(39)42-6-2/h7-16,25-26H,5-6,17-18H2,1-4H3/b19-15+,20-16+. The van der Waals surface area contributed by atoms with Crippen molar-refractivity contribution in [1.82, 2.24) is 10.0 Å². The molecule has 0 N–H and O–H groups in total. The average Bonchev–Trinajstić information content (AvgIpc) is 3.60. The Morgan fingerprint density at radius 3 is 1.43 bits per heavy atom. The number of carbonyl (C=O) groups excluding carboxylic acids is 3. The third kappa shape index (κ3) is 7.27. The minimum atomic E-state index is -0.490. The molecular formula is C31H32Cl2N4O5. The van der Waals surface area contributed by atoms with Crippen molar-refractivity contribution >= 4 is 52.3 Å². The highest BCUT2D eigenvalue weighted by Gasteiger charge is 2.41. The van der Waals surface area contributed by atoms with Crippen molar-refractivity contribution in [1.29, 1.82) is 0 Å². The van der Waals surface area contributed by atoms with Gasteiger partial charge >= 0.3 is 11.9 Å². The summed E-state index contributed by atoms with van der Waals surface area (Å²) < 4.78 is 10.1. The van der Waals surface area contributed by atoms with Crippen LogP contribution < -0.4 is 0 Å². The first-order valence-corrected chi connectivity index (χ1v) is 14.3. The summed E-state index contributed by atoms with van der Waals surface area (Å²) in [5.74, 6) is -2.16. The zero-order chi connectivity index (χ0) is 30.4.